The maximum absolute atomic E-state index is 12.7. The summed E-state index contributed by atoms with van der Waals surface area (Å²) in [6.45, 7) is 9.48. The number of ether oxygens (including phenoxy) is 2. The second kappa shape index (κ2) is 14.7. The van der Waals surface area contributed by atoms with Gasteiger partial charge in [-0.1, -0.05) is 60.7 Å². The van der Waals surface area contributed by atoms with Crippen molar-refractivity contribution in [2.45, 2.75) is 58.1 Å². The molecule has 238 valence electrons. The number of benzene rings is 3. The molecule has 0 saturated carbocycles. The van der Waals surface area contributed by atoms with Crippen molar-refractivity contribution in [3.8, 4) is 16.9 Å². The van der Waals surface area contributed by atoms with Crippen LogP contribution >= 0.6 is 0 Å². The van der Waals surface area contributed by atoms with E-state index in [0.29, 0.717) is 25.5 Å². The first kappa shape index (κ1) is 32.1. The van der Waals surface area contributed by atoms with Gasteiger partial charge in [0.2, 0.25) is 0 Å². The lowest BCUT2D eigenvalue weighted by Crippen LogP contribution is -2.58. The van der Waals surface area contributed by atoms with Gasteiger partial charge in [-0.25, -0.2) is 9.59 Å². The molecule has 3 aliphatic heterocycles. The predicted molar refractivity (Wildman–Crippen MR) is 179 cm³/mol. The highest BCUT2D eigenvalue weighted by Gasteiger charge is 2.40. The van der Waals surface area contributed by atoms with Crippen molar-refractivity contribution in [2.24, 2.45) is 5.92 Å². The van der Waals surface area contributed by atoms with E-state index in [9.17, 15) is 14.7 Å². The molecule has 0 spiro atoms. The number of piperidine rings is 3. The average molecular weight is 612 g/mol. The molecule has 6 rings (SSSR count). The van der Waals surface area contributed by atoms with Gasteiger partial charge in [0.15, 0.2) is 0 Å². The molecule has 1 atom stereocenters. The summed E-state index contributed by atoms with van der Waals surface area (Å²) in [5.41, 5.74) is 4.28. The zero-order valence-corrected chi connectivity index (χ0v) is 26.6. The number of carboxylic acid groups (broad SMARTS) is 1. The maximum atomic E-state index is 12.7. The van der Waals surface area contributed by atoms with E-state index in [-0.39, 0.29) is 6.04 Å². The SMILES string of the molecule is CC(C)(C)OC(=O)NCCc1ccc(OCCC=Cc2ccc(N(C(=O)O)C3CN4CCC3CC4)c(-c3ccccc3)c2)cc1. The summed E-state index contributed by atoms with van der Waals surface area (Å²) < 4.78 is 11.2. The van der Waals surface area contributed by atoms with Crippen molar-refractivity contribution in [1.29, 1.82) is 0 Å². The van der Waals surface area contributed by atoms with Crippen LogP contribution in [-0.2, 0) is 11.2 Å². The third-order valence-corrected chi connectivity index (χ3v) is 8.39. The van der Waals surface area contributed by atoms with Gasteiger partial charge in [0.1, 0.15) is 11.4 Å². The monoisotopic (exact) mass is 611 g/mol. The standard InChI is InChI=1S/C37H45N3O5/c1-37(2,3)45-35(41)38-21-18-27-12-15-31(16-13-27)44-24-8-7-9-28-14-17-33(32(25-28)29-10-5-4-6-11-29)40(36(42)43)34-26-39-22-19-30(34)20-23-39/h4-7,9-17,25,30,34H,8,18-24,26H2,1-3H3,(H,38,41)(H,42,43). The van der Waals surface area contributed by atoms with Gasteiger partial charge in [-0.3, -0.25) is 4.90 Å². The minimum absolute atomic E-state index is 0.0334. The number of rotatable bonds is 11. The summed E-state index contributed by atoms with van der Waals surface area (Å²) >= 11 is 0. The first-order chi connectivity index (χ1) is 21.7. The summed E-state index contributed by atoms with van der Waals surface area (Å²) in [6, 6.07) is 24.0. The van der Waals surface area contributed by atoms with Crippen LogP contribution in [0.5, 0.6) is 5.75 Å². The first-order valence-corrected chi connectivity index (χ1v) is 16.0. The third-order valence-electron chi connectivity index (χ3n) is 8.39. The summed E-state index contributed by atoms with van der Waals surface area (Å²) in [5, 5.41) is 13.2. The third kappa shape index (κ3) is 8.88. The van der Waals surface area contributed by atoms with Gasteiger partial charge in [-0.15, -0.1) is 0 Å². The van der Waals surface area contributed by atoms with Crippen LogP contribution in [0.3, 0.4) is 0 Å². The Hall–Kier alpha value is -4.30. The molecule has 3 heterocycles. The van der Waals surface area contributed by atoms with Gasteiger partial charge in [-0.05, 0) is 106 Å². The number of carbonyl (C=O) groups excluding carboxylic acids is 1. The highest BCUT2D eigenvalue weighted by atomic mass is 16.6. The molecule has 45 heavy (non-hydrogen) atoms. The van der Waals surface area contributed by atoms with Gasteiger partial charge in [0.05, 0.1) is 18.3 Å². The number of nitrogens with one attached hydrogen (secondary N) is 1. The Morgan fingerprint density at radius 1 is 1.02 bits per heavy atom. The van der Waals surface area contributed by atoms with Crippen LogP contribution in [0.2, 0.25) is 0 Å². The number of hydrogen-bond donors (Lipinski definition) is 2. The molecule has 3 aromatic carbocycles. The van der Waals surface area contributed by atoms with Gasteiger partial charge in [-0.2, -0.15) is 0 Å². The normalized spacial score (nSPS) is 19.3. The molecule has 0 radical (unpaired) electrons. The summed E-state index contributed by atoms with van der Waals surface area (Å²) in [4.78, 5) is 28.5. The Balaban J connectivity index is 1.18. The van der Waals surface area contributed by atoms with Crippen molar-refractivity contribution in [3.05, 3.63) is 90.0 Å². The fourth-order valence-electron chi connectivity index (χ4n) is 6.21. The smallest absolute Gasteiger partial charge is 0.412 e. The second-order valence-corrected chi connectivity index (χ2v) is 12.9. The van der Waals surface area contributed by atoms with Gasteiger partial charge < -0.3 is 24.8 Å². The molecule has 2 bridgehead atoms. The molecule has 2 amide bonds. The number of alkyl carbamates (subject to hydrolysis) is 1. The summed E-state index contributed by atoms with van der Waals surface area (Å²) in [6.07, 6.45) is 6.39. The van der Waals surface area contributed by atoms with Crippen LogP contribution in [0.15, 0.2) is 78.9 Å². The minimum Gasteiger partial charge on any atom is -0.493 e. The van der Waals surface area contributed by atoms with Crippen LogP contribution in [-0.4, -0.2) is 66.6 Å². The quantitative estimate of drug-likeness (QED) is 0.219. The Morgan fingerprint density at radius 3 is 2.40 bits per heavy atom. The van der Waals surface area contributed by atoms with Gasteiger partial charge in [0.25, 0.3) is 0 Å². The van der Waals surface area contributed by atoms with Crippen LogP contribution in [0.4, 0.5) is 15.3 Å². The average Bonchev–Trinajstić information content (AvgIpc) is 3.02. The molecule has 0 aromatic heterocycles. The molecular formula is C37H45N3O5. The molecular weight excluding hydrogens is 566 g/mol. The number of amides is 2. The Labute approximate surface area is 266 Å². The lowest BCUT2D eigenvalue weighted by Gasteiger charge is -2.48. The highest BCUT2D eigenvalue weighted by molar-refractivity contribution is 5.94. The highest BCUT2D eigenvalue weighted by Crippen LogP contribution is 2.38. The van der Waals surface area contributed by atoms with Crippen LogP contribution in [0.25, 0.3) is 17.2 Å². The summed E-state index contributed by atoms with van der Waals surface area (Å²) in [7, 11) is 0. The largest absolute Gasteiger partial charge is 0.493 e. The fourth-order valence-corrected chi connectivity index (χ4v) is 6.21. The first-order valence-electron chi connectivity index (χ1n) is 16.0. The van der Waals surface area contributed by atoms with Gasteiger partial charge in [0, 0.05) is 18.7 Å². The van der Waals surface area contributed by atoms with Gasteiger partial charge >= 0.3 is 12.2 Å². The van der Waals surface area contributed by atoms with Crippen molar-refractivity contribution in [1.82, 2.24) is 10.2 Å². The predicted octanol–water partition coefficient (Wildman–Crippen LogP) is 7.48. The molecule has 8 heteroatoms. The lowest BCUT2D eigenvalue weighted by molar-refractivity contribution is 0.0528. The van der Waals surface area contributed by atoms with Crippen LogP contribution in [0, 0.1) is 5.92 Å². The molecule has 3 saturated heterocycles. The van der Waals surface area contributed by atoms with Crippen LogP contribution < -0.4 is 15.0 Å². The van der Waals surface area contributed by atoms with E-state index >= 15 is 0 Å². The van der Waals surface area contributed by atoms with Crippen molar-refractivity contribution in [3.63, 3.8) is 0 Å². The number of nitrogens with zero attached hydrogens (tertiary/aromatic N) is 2. The van der Waals surface area contributed by atoms with Crippen molar-refractivity contribution in [2.75, 3.05) is 37.7 Å². The Morgan fingerprint density at radius 2 is 1.76 bits per heavy atom. The zero-order valence-electron chi connectivity index (χ0n) is 26.6. The van der Waals surface area contributed by atoms with Crippen molar-refractivity contribution >= 4 is 23.9 Å². The molecule has 1 unspecified atom stereocenters. The Kier molecular flexibility index (Phi) is 10.5. The van der Waals surface area contributed by atoms with E-state index in [1.807, 2.05) is 87.5 Å². The molecule has 2 N–H and O–H groups in total. The number of fused-ring (bicyclic) bond motifs is 3. The van der Waals surface area contributed by atoms with E-state index < -0.39 is 17.8 Å². The molecule has 3 aromatic rings. The van der Waals surface area contributed by atoms with E-state index in [2.05, 4.69) is 28.4 Å². The number of hydrogen-bond acceptors (Lipinski definition) is 5. The molecule has 8 nitrogen and oxygen atoms in total. The minimum atomic E-state index is -0.892. The van der Waals surface area contributed by atoms with Crippen LogP contribution in [0.1, 0.15) is 51.2 Å². The molecule has 0 aliphatic carbocycles. The molecule has 3 fully saturated rings. The topological polar surface area (TPSA) is 91.3 Å². The van der Waals surface area contributed by atoms with E-state index in [1.165, 1.54) is 0 Å². The Bertz CT molecular complexity index is 1460. The lowest BCUT2D eigenvalue weighted by atomic mass is 9.82. The summed E-state index contributed by atoms with van der Waals surface area (Å²) in [5.74, 6) is 1.19. The maximum Gasteiger partial charge on any atom is 0.412 e. The fraction of sp³-hybridized carbons (Fsp3) is 0.405. The second-order valence-electron chi connectivity index (χ2n) is 12.9. The van der Waals surface area contributed by atoms with E-state index in [1.54, 1.807) is 4.90 Å². The number of anilines is 1. The van der Waals surface area contributed by atoms with E-state index in [4.69, 9.17) is 9.47 Å². The number of carbonyl (C=O) groups is 2. The van der Waals surface area contributed by atoms with Crippen molar-refractivity contribution < 1.29 is 24.2 Å². The van der Waals surface area contributed by atoms with E-state index in [0.717, 1.165) is 72.6 Å². The molecule has 3 aliphatic rings. The zero-order chi connectivity index (χ0) is 31.8.